The first kappa shape index (κ1) is 19.5. The van der Waals surface area contributed by atoms with Crippen molar-refractivity contribution in [3.63, 3.8) is 0 Å². The van der Waals surface area contributed by atoms with E-state index < -0.39 is 28.4 Å². The Morgan fingerprint density at radius 3 is 1.23 bits per heavy atom. The van der Waals surface area contributed by atoms with Crippen LogP contribution >= 0.6 is 34.8 Å². The minimum atomic E-state index is -3.92. The number of halogens is 3. The van der Waals surface area contributed by atoms with Crippen molar-refractivity contribution in [1.29, 1.82) is 0 Å². The first-order chi connectivity index (χ1) is 12.4. The Morgan fingerprint density at radius 1 is 0.654 bits per heavy atom. The third-order valence-electron chi connectivity index (χ3n) is 3.66. The van der Waals surface area contributed by atoms with Crippen LogP contribution in [0.25, 0.3) is 0 Å². The molecular formula is C20H15Cl3O2Te. The summed E-state index contributed by atoms with van der Waals surface area (Å²) in [4.78, 5) is 12.6. The van der Waals surface area contributed by atoms with E-state index in [2.05, 4.69) is 0 Å². The summed E-state index contributed by atoms with van der Waals surface area (Å²) >= 11 is 13.6. The molecule has 6 heteroatoms. The molecule has 0 aliphatic heterocycles. The molecule has 0 amide bonds. The number of benzene rings is 3. The van der Waals surface area contributed by atoms with Crippen LogP contribution in [0.2, 0.25) is 0 Å². The summed E-state index contributed by atoms with van der Waals surface area (Å²) in [5.74, 6) is -0.861. The average Bonchev–Trinajstić information content (AvgIpc) is 2.67. The summed E-state index contributed by atoms with van der Waals surface area (Å²) in [7, 11) is 0. The molecule has 0 saturated heterocycles. The monoisotopic (exact) mass is 522 g/mol. The molecule has 0 aromatic heterocycles. The molecule has 0 bridgehead atoms. The zero-order valence-corrected chi connectivity index (χ0v) is 18.1. The van der Waals surface area contributed by atoms with Crippen molar-refractivity contribution in [1.82, 2.24) is 0 Å². The number of rotatable bonds is 4. The van der Waals surface area contributed by atoms with Gasteiger partial charge < -0.3 is 0 Å². The molecule has 0 aliphatic rings. The van der Waals surface area contributed by atoms with Crippen LogP contribution in [0.3, 0.4) is 0 Å². The van der Waals surface area contributed by atoms with Gasteiger partial charge in [-0.2, -0.15) is 0 Å². The summed E-state index contributed by atoms with van der Waals surface area (Å²) in [6.07, 6.45) is 0. The topological polar surface area (TPSA) is 26.3 Å². The minimum absolute atomic E-state index is 0.861. The number of alkyl halides is 3. The van der Waals surface area contributed by atoms with Crippen molar-refractivity contribution >= 4 is 70.2 Å². The van der Waals surface area contributed by atoms with Gasteiger partial charge in [0.05, 0.1) is 0 Å². The van der Waals surface area contributed by atoms with Crippen LogP contribution in [0.5, 0.6) is 0 Å². The molecule has 134 valence electrons. The molecule has 0 spiro atoms. The molecule has 3 rings (SSSR count). The molecule has 3 aromatic carbocycles. The SMILES string of the molecule is O=C(O[Te](c1ccccc1)(c1ccccc1)c1ccccc1)C(Cl)(Cl)Cl. The molecule has 3 aromatic rings. The summed E-state index contributed by atoms with van der Waals surface area (Å²) in [5.41, 5.74) is 0. The second kappa shape index (κ2) is 8.21. The maximum atomic E-state index is 12.6. The third kappa shape index (κ3) is 4.03. The first-order valence-corrected chi connectivity index (χ1v) is 13.3. The van der Waals surface area contributed by atoms with E-state index in [0.29, 0.717) is 0 Å². The van der Waals surface area contributed by atoms with Crippen molar-refractivity contribution in [3.8, 4) is 0 Å². The van der Waals surface area contributed by atoms with Crippen molar-refractivity contribution < 1.29 is 7.90 Å². The van der Waals surface area contributed by atoms with Crippen molar-refractivity contribution in [2.45, 2.75) is 3.79 Å². The van der Waals surface area contributed by atoms with Crippen LogP contribution in [0, 0.1) is 0 Å². The van der Waals surface area contributed by atoms with Gasteiger partial charge in [-0.1, -0.05) is 0 Å². The standard InChI is InChI=1S/C20H15Cl3O2Te/c21-20(22,23)19(24)25-26(16-10-4-1-5-11-16,17-12-6-2-7-13-17)18-14-8-3-9-15-18/h1-15H. The Morgan fingerprint density at radius 2 is 0.962 bits per heavy atom. The molecule has 0 N–H and O–H groups in total. The van der Waals surface area contributed by atoms with Crippen molar-refractivity contribution in [2.75, 3.05) is 0 Å². The zero-order valence-electron chi connectivity index (χ0n) is 13.5. The number of hydrogen-bond donors (Lipinski definition) is 0. The predicted molar refractivity (Wildman–Crippen MR) is 110 cm³/mol. The Hall–Kier alpha value is -1.21. The van der Waals surface area contributed by atoms with Gasteiger partial charge in [-0.25, -0.2) is 0 Å². The molecule has 0 radical (unpaired) electrons. The molecule has 0 atom stereocenters. The van der Waals surface area contributed by atoms with Crippen LogP contribution in [-0.4, -0.2) is 28.4 Å². The van der Waals surface area contributed by atoms with E-state index in [1.165, 1.54) is 0 Å². The molecule has 0 heterocycles. The van der Waals surface area contributed by atoms with Gasteiger partial charge in [0.25, 0.3) is 0 Å². The quantitative estimate of drug-likeness (QED) is 0.388. The Kier molecular flexibility index (Phi) is 6.17. The van der Waals surface area contributed by atoms with Gasteiger partial charge >= 0.3 is 173 Å². The Balaban J connectivity index is 2.30. The second-order valence-corrected chi connectivity index (χ2v) is 15.3. The average molecular weight is 521 g/mol. The molecule has 0 aliphatic carbocycles. The molecule has 26 heavy (non-hydrogen) atoms. The van der Waals surface area contributed by atoms with E-state index in [1.807, 2.05) is 91.0 Å². The van der Waals surface area contributed by atoms with Gasteiger partial charge in [-0.3, -0.25) is 0 Å². The molecule has 2 nitrogen and oxygen atoms in total. The van der Waals surface area contributed by atoms with E-state index in [-0.39, 0.29) is 0 Å². The maximum absolute atomic E-state index is 12.6. The number of hydrogen-bond acceptors (Lipinski definition) is 2. The summed E-state index contributed by atoms with van der Waals surface area (Å²) in [6, 6.07) is 29.1. The van der Waals surface area contributed by atoms with Crippen LogP contribution in [0.4, 0.5) is 0 Å². The summed E-state index contributed by atoms with van der Waals surface area (Å²) in [5, 5.41) is 0. The van der Waals surface area contributed by atoms with E-state index >= 15 is 0 Å². The predicted octanol–water partition coefficient (Wildman–Crippen LogP) is 3.57. The Labute approximate surface area is 172 Å². The first-order valence-electron chi connectivity index (χ1n) is 7.74. The van der Waals surface area contributed by atoms with Gasteiger partial charge in [-0.05, 0) is 0 Å². The van der Waals surface area contributed by atoms with Crippen molar-refractivity contribution in [2.24, 2.45) is 0 Å². The van der Waals surface area contributed by atoms with Gasteiger partial charge in [0.1, 0.15) is 0 Å². The normalized spacial score (nSPS) is 12.4. The fraction of sp³-hybridized carbons (Fsp3) is 0.0500. The second-order valence-electron chi connectivity index (χ2n) is 5.36. The zero-order chi connectivity index (χ0) is 18.6. The third-order valence-corrected chi connectivity index (χ3v) is 13.3. The van der Waals surface area contributed by atoms with E-state index in [1.54, 1.807) is 0 Å². The molecule has 0 saturated carbocycles. The Bertz CT molecular complexity index is 769. The van der Waals surface area contributed by atoms with E-state index in [0.717, 1.165) is 10.8 Å². The van der Waals surface area contributed by atoms with Crippen LogP contribution in [0.15, 0.2) is 91.0 Å². The summed E-state index contributed by atoms with van der Waals surface area (Å²) < 4.78 is 6.79. The van der Waals surface area contributed by atoms with Gasteiger partial charge in [0, 0.05) is 0 Å². The van der Waals surface area contributed by atoms with Crippen LogP contribution in [0.1, 0.15) is 0 Å². The molecular weight excluding hydrogens is 506 g/mol. The van der Waals surface area contributed by atoms with Gasteiger partial charge in [0.15, 0.2) is 0 Å². The van der Waals surface area contributed by atoms with Crippen LogP contribution < -0.4 is 10.8 Å². The molecule has 0 unspecified atom stereocenters. The fourth-order valence-electron chi connectivity index (χ4n) is 2.55. The summed E-state index contributed by atoms with van der Waals surface area (Å²) in [6.45, 7) is 0. The number of carbonyl (C=O) groups is 1. The fourth-order valence-corrected chi connectivity index (χ4v) is 11.9. The van der Waals surface area contributed by atoms with Crippen LogP contribution in [-0.2, 0) is 7.90 Å². The molecule has 0 fully saturated rings. The van der Waals surface area contributed by atoms with Gasteiger partial charge in [0.2, 0.25) is 0 Å². The van der Waals surface area contributed by atoms with Gasteiger partial charge in [-0.15, -0.1) is 0 Å². The number of carbonyl (C=O) groups excluding carboxylic acids is 1. The van der Waals surface area contributed by atoms with E-state index in [9.17, 15) is 4.79 Å². The van der Waals surface area contributed by atoms with Crippen molar-refractivity contribution in [3.05, 3.63) is 91.0 Å². The van der Waals surface area contributed by atoms with E-state index in [4.69, 9.17) is 37.9 Å².